The van der Waals surface area contributed by atoms with Crippen LogP contribution in [0.3, 0.4) is 0 Å². The molecule has 0 saturated heterocycles. The lowest BCUT2D eigenvalue weighted by Gasteiger charge is -2.15. The highest BCUT2D eigenvalue weighted by molar-refractivity contribution is 9.10. The largest absolute Gasteiger partial charge is 0.478 e. The molecule has 0 aliphatic heterocycles. The molecule has 2 aromatic heterocycles. The number of sulfonamides is 1. The molecule has 0 unspecified atom stereocenters. The Morgan fingerprint density at radius 1 is 1.48 bits per heavy atom. The monoisotopic (exact) mass is 390 g/mol. The van der Waals surface area contributed by atoms with Gasteiger partial charge in [-0.3, -0.25) is 0 Å². The summed E-state index contributed by atoms with van der Waals surface area (Å²) in [5, 5.41) is 10.5. The second kappa shape index (κ2) is 6.22. The first-order valence-electron chi connectivity index (χ1n) is 5.69. The number of hydrogen-bond donors (Lipinski definition) is 1. The van der Waals surface area contributed by atoms with Gasteiger partial charge in [-0.1, -0.05) is 0 Å². The third-order valence-electron chi connectivity index (χ3n) is 2.66. The number of rotatable bonds is 5. The van der Waals surface area contributed by atoms with E-state index in [2.05, 4.69) is 20.9 Å². The highest BCUT2D eigenvalue weighted by Crippen LogP contribution is 2.23. The van der Waals surface area contributed by atoms with Crippen molar-refractivity contribution < 1.29 is 18.3 Å². The first-order valence-corrected chi connectivity index (χ1v) is 8.80. The topological polar surface area (TPSA) is 87.6 Å². The van der Waals surface area contributed by atoms with Gasteiger partial charge in [0.25, 0.3) is 10.0 Å². The molecule has 2 rings (SSSR count). The quantitative estimate of drug-likeness (QED) is 0.846. The van der Waals surface area contributed by atoms with E-state index in [1.54, 1.807) is 0 Å². The maximum absolute atomic E-state index is 12.3. The van der Waals surface area contributed by atoms with Gasteiger partial charge in [0, 0.05) is 34.5 Å². The Balaban J connectivity index is 2.22. The van der Waals surface area contributed by atoms with E-state index >= 15 is 0 Å². The van der Waals surface area contributed by atoms with Crippen molar-refractivity contribution >= 4 is 43.3 Å². The van der Waals surface area contributed by atoms with E-state index in [0.29, 0.717) is 0 Å². The van der Waals surface area contributed by atoms with E-state index in [4.69, 9.17) is 5.11 Å². The molecule has 0 bridgehead atoms. The normalized spacial score (nSPS) is 11.8. The fraction of sp³-hybridized carbons (Fsp3) is 0.167. The van der Waals surface area contributed by atoms with Crippen molar-refractivity contribution in [2.45, 2.75) is 11.6 Å². The molecule has 0 amide bonds. The zero-order chi connectivity index (χ0) is 15.6. The van der Waals surface area contributed by atoms with Crippen LogP contribution in [0, 0.1) is 0 Å². The summed E-state index contributed by atoms with van der Waals surface area (Å²) in [7, 11) is -2.30. The molecule has 112 valence electrons. The molecule has 9 heteroatoms. The molecule has 0 spiro atoms. The highest BCUT2D eigenvalue weighted by Gasteiger charge is 2.23. The molecular weight excluding hydrogens is 380 g/mol. The van der Waals surface area contributed by atoms with Crippen LogP contribution < -0.4 is 0 Å². The van der Waals surface area contributed by atoms with Crippen molar-refractivity contribution in [2.75, 3.05) is 7.05 Å². The molecule has 2 heterocycles. The molecular formula is C12H11BrN2O4S2. The van der Waals surface area contributed by atoms with E-state index in [-0.39, 0.29) is 17.1 Å². The summed E-state index contributed by atoms with van der Waals surface area (Å²) in [6.45, 7) is 0.223. The molecule has 21 heavy (non-hydrogen) atoms. The Hall–Kier alpha value is -1.29. The van der Waals surface area contributed by atoms with Gasteiger partial charge in [0.15, 0.2) is 5.03 Å². The molecule has 0 radical (unpaired) electrons. The summed E-state index contributed by atoms with van der Waals surface area (Å²) < 4.78 is 26.7. The second-order valence-corrected chi connectivity index (χ2v) is 8.09. The lowest BCUT2D eigenvalue weighted by molar-refractivity contribution is 0.0696. The second-order valence-electron chi connectivity index (χ2n) is 4.18. The lowest BCUT2D eigenvalue weighted by atomic mass is 10.3. The lowest BCUT2D eigenvalue weighted by Crippen LogP contribution is -2.27. The number of hydrogen-bond acceptors (Lipinski definition) is 5. The number of carboxylic acid groups (broad SMARTS) is 1. The van der Waals surface area contributed by atoms with Crippen molar-refractivity contribution in [2.24, 2.45) is 0 Å². The number of halogens is 1. The summed E-state index contributed by atoms with van der Waals surface area (Å²) in [6.07, 6.45) is 1.03. The highest BCUT2D eigenvalue weighted by atomic mass is 79.9. The van der Waals surface area contributed by atoms with Gasteiger partial charge >= 0.3 is 5.97 Å². The van der Waals surface area contributed by atoms with Crippen LogP contribution in [-0.4, -0.2) is 35.8 Å². The maximum atomic E-state index is 12.3. The summed E-state index contributed by atoms with van der Waals surface area (Å²) in [5.74, 6) is -1.15. The Morgan fingerprint density at radius 3 is 2.67 bits per heavy atom. The number of pyridine rings is 1. The van der Waals surface area contributed by atoms with E-state index < -0.39 is 16.0 Å². The number of aromatic carboxylic acids is 1. The first-order chi connectivity index (χ1) is 9.80. The van der Waals surface area contributed by atoms with Crippen LogP contribution in [0.1, 0.15) is 15.2 Å². The molecule has 2 aromatic rings. The average Bonchev–Trinajstić information content (AvgIpc) is 2.84. The van der Waals surface area contributed by atoms with Gasteiger partial charge in [-0.2, -0.15) is 4.31 Å². The molecule has 0 aromatic carbocycles. The van der Waals surface area contributed by atoms with Crippen LogP contribution in [0.25, 0.3) is 0 Å². The van der Waals surface area contributed by atoms with Crippen LogP contribution in [-0.2, 0) is 16.6 Å². The van der Waals surface area contributed by atoms with Crippen molar-refractivity contribution in [3.63, 3.8) is 0 Å². The van der Waals surface area contributed by atoms with Crippen molar-refractivity contribution in [1.29, 1.82) is 0 Å². The Kier molecular flexibility index (Phi) is 4.77. The number of carboxylic acids is 1. The van der Waals surface area contributed by atoms with Crippen LogP contribution in [0.15, 0.2) is 39.3 Å². The smallest absolute Gasteiger partial charge is 0.337 e. The maximum Gasteiger partial charge on any atom is 0.337 e. The fourth-order valence-electron chi connectivity index (χ4n) is 1.56. The Labute approximate surface area is 134 Å². The Morgan fingerprint density at radius 2 is 2.19 bits per heavy atom. The summed E-state index contributed by atoms with van der Waals surface area (Å²) >= 11 is 4.76. The van der Waals surface area contributed by atoms with Crippen LogP contribution in [0.5, 0.6) is 0 Å². The van der Waals surface area contributed by atoms with E-state index in [1.165, 1.54) is 34.8 Å². The molecule has 1 N–H and O–H groups in total. The minimum Gasteiger partial charge on any atom is -0.478 e. The standard InChI is InChI=1S/C12H11BrN2O4S2/c1-15(6-10-4-9(13)7-20-10)21(18,19)11-3-2-8(5-14-11)12(16)17/h2-5,7H,6H2,1H3,(H,16,17). The zero-order valence-electron chi connectivity index (χ0n) is 10.9. The summed E-state index contributed by atoms with van der Waals surface area (Å²) in [5.41, 5.74) is -0.0567. The minimum atomic E-state index is -3.75. The molecule has 0 aliphatic rings. The fourth-order valence-corrected chi connectivity index (χ4v) is 4.20. The predicted octanol–water partition coefficient (Wildman–Crippen LogP) is 2.42. The molecule has 0 fully saturated rings. The van der Waals surface area contributed by atoms with Gasteiger partial charge in [-0.25, -0.2) is 18.2 Å². The van der Waals surface area contributed by atoms with E-state index in [1.807, 2.05) is 11.4 Å². The van der Waals surface area contributed by atoms with Crippen molar-refractivity contribution in [1.82, 2.24) is 9.29 Å². The van der Waals surface area contributed by atoms with Crippen molar-refractivity contribution in [3.8, 4) is 0 Å². The van der Waals surface area contributed by atoms with Gasteiger partial charge in [0.2, 0.25) is 0 Å². The van der Waals surface area contributed by atoms with Gasteiger partial charge < -0.3 is 5.11 Å². The molecule has 0 atom stereocenters. The van der Waals surface area contributed by atoms with Gasteiger partial charge in [0.1, 0.15) is 0 Å². The molecule has 0 saturated carbocycles. The molecule has 0 aliphatic carbocycles. The minimum absolute atomic E-state index is 0.0567. The summed E-state index contributed by atoms with van der Waals surface area (Å²) in [4.78, 5) is 15.3. The van der Waals surface area contributed by atoms with Gasteiger partial charge in [-0.15, -0.1) is 11.3 Å². The van der Waals surface area contributed by atoms with Gasteiger partial charge in [-0.05, 0) is 34.1 Å². The van der Waals surface area contributed by atoms with Gasteiger partial charge in [0.05, 0.1) is 5.56 Å². The van der Waals surface area contributed by atoms with E-state index in [0.717, 1.165) is 15.5 Å². The number of nitrogens with zero attached hydrogens (tertiary/aromatic N) is 2. The van der Waals surface area contributed by atoms with Crippen molar-refractivity contribution in [3.05, 3.63) is 44.7 Å². The van der Waals surface area contributed by atoms with Crippen LogP contribution >= 0.6 is 27.3 Å². The van der Waals surface area contributed by atoms with Crippen LogP contribution in [0.4, 0.5) is 0 Å². The predicted molar refractivity (Wildman–Crippen MR) is 81.9 cm³/mol. The van der Waals surface area contributed by atoms with Crippen LogP contribution in [0.2, 0.25) is 0 Å². The van der Waals surface area contributed by atoms with E-state index in [9.17, 15) is 13.2 Å². The Bertz CT molecular complexity index is 756. The third-order valence-corrected chi connectivity index (χ3v) is 6.06. The zero-order valence-corrected chi connectivity index (χ0v) is 14.1. The molecule has 6 nitrogen and oxygen atoms in total. The number of aromatic nitrogens is 1. The number of carbonyl (C=O) groups is 1. The number of thiophene rings is 1. The third kappa shape index (κ3) is 3.67. The average molecular weight is 391 g/mol. The first kappa shape index (κ1) is 16.1. The SMILES string of the molecule is CN(Cc1cc(Br)cs1)S(=O)(=O)c1ccc(C(=O)O)cn1. The summed E-state index contributed by atoms with van der Waals surface area (Å²) in [6, 6.07) is 4.26.